The smallest absolute Gasteiger partial charge is 0.291 e. The van der Waals surface area contributed by atoms with Crippen LogP contribution in [0.25, 0.3) is 12.2 Å². The van der Waals surface area contributed by atoms with Crippen LogP contribution in [0.5, 0.6) is 0 Å². The van der Waals surface area contributed by atoms with Crippen LogP contribution in [0.15, 0.2) is 63.1 Å². The van der Waals surface area contributed by atoms with Crippen LogP contribution in [0.1, 0.15) is 27.9 Å². The summed E-state index contributed by atoms with van der Waals surface area (Å²) in [6.07, 6.45) is 0.0485. The predicted octanol–water partition coefficient (Wildman–Crippen LogP) is 3.80. The molecular formula is C23H19F3N4O4. The zero-order valence-corrected chi connectivity index (χ0v) is 18.1. The molecular weight excluding hydrogens is 453 g/mol. The Bertz CT molecular complexity index is 1380. The van der Waals surface area contributed by atoms with Gasteiger partial charge in [-0.3, -0.25) is 29.0 Å². The molecule has 3 aromatic rings. The molecule has 2 aromatic carbocycles. The zero-order chi connectivity index (χ0) is 25.0. The van der Waals surface area contributed by atoms with Crippen molar-refractivity contribution in [2.75, 3.05) is 0 Å². The summed E-state index contributed by atoms with van der Waals surface area (Å²) < 4.78 is 39.5. The fourth-order valence-electron chi connectivity index (χ4n) is 3.13. The molecule has 34 heavy (non-hydrogen) atoms. The van der Waals surface area contributed by atoms with Crippen molar-refractivity contribution in [3.8, 4) is 0 Å². The van der Waals surface area contributed by atoms with Gasteiger partial charge < -0.3 is 0 Å². The number of hydrogen-bond acceptors (Lipinski definition) is 5. The molecule has 0 aliphatic heterocycles. The summed E-state index contributed by atoms with van der Waals surface area (Å²) >= 11 is 0. The number of benzene rings is 2. The van der Waals surface area contributed by atoms with Crippen LogP contribution in [-0.2, 0) is 26.8 Å². The Kier molecular flexibility index (Phi) is 6.94. The van der Waals surface area contributed by atoms with Crippen LogP contribution >= 0.6 is 0 Å². The van der Waals surface area contributed by atoms with Crippen LogP contribution in [0.3, 0.4) is 0 Å². The van der Waals surface area contributed by atoms with Crippen LogP contribution in [0.4, 0.5) is 18.9 Å². The van der Waals surface area contributed by atoms with Gasteiger partial charge in [0.05, 0.1) is 17.0 Å². The van der Waals surface area contributed by atoms with E-state index in [0.29, 0.717) is 15.7 Å². The van der Waals surface area contributed by atoms with E-state index in [1.165, 1.54) is 38.4 Å². The average molecular weight is 472 g/mol. The van der Waals surface area contributed by atoms with Crippen LogP contribution < -0.4 is 11.2 Å². The standard InChI is InChI=1S/C23H19F3N4O4/c1-28-19(20(30(33)34)21(31)29(2)22(28)32)12-9-15-3-5-16(6-4-15)13-27-14-17-7-10-18(11-8-17)23(24,25)26/h3-13H,14H2,1-2H3/b12-9+,27-13?. The van der Waals surface area contributed by atoms with E-state index in [4.69, 9.17) is 0 Å². The molecule has 8 nitrogen and oxygen atoms in total. The zero-order valence-electron chi connectivity index (χ0n) is 18.1. The summed E-state index contributed by atoms with van der Waals surface area (Å²) in [4.78, 5) is 39.0. The Hall–Kier alpha value is -4.28. The normalized spacial score (nSPS) is 12.0. The number of nitro groups is 1. The SMILES string of the molecule is Cn1c(/C=C/c2ccc(C=NCc3ccc(C(F)(F)F)cc3)cc2)c([N+](=O)[O-])c(=O)n(C)c1=O. The lowest BCUT2D eigenvalue weighted by Gasteiger charge is -2.07. The Morgan fingerprint density at radius 3 is 2.09 bits per heavy atom. The van der Waals surface area contributed by atoms with Crippen molar-refractivity contribution in [2.24, 2.45) is 19.1 Å². The number of alkyl halides is 3. The van der Waals surface area contributed by atoms with Crippen molar-refractivity contribution < 1.29 is 18.1 Å². The lowest BCUT2D eigenvalue weighted by Crippen LogP contribution is -2.39. The van der Waals surface area contributed by atoms with Gasteiger partial charge in [-0.2, -0.15) is 13.2 Å². The fourth-order valence-corrected chi connectivity index (χ4v) is 3.13. The predicted molar refractivity (Wildman–Crippen MR) is 122 cm³/mol. The maximum atomic E-state index is 12.6. The van der Waals surface area contributed by atoms with E-state index in [2.05, 4.69) is 4.99 Å². The molecule has 3 rings (SSSR count). The summed E-state index contributed by atoms with van der Waals surface area (Å²) in [6.45, 7) is 0.209. The highest BCUT2D eigenvalue weighted by molar-refractivity contribution is 5.80. The fraction of sp³-hybridized carbons (Fsp3) is 0.174. The van der Waals surface area contributed by atoms with Crippen molar-refractivity contribution in [1.29, 1.82) is 0 Å². The number of aromatic nitrogens is 2. The average Bonchev–Trinajstić information content (AvgIpc) is 2.79. The maximum absolute atomic E-state index is 12.6. The van der Waals surface area contributed by atoms with Gasteiger partial charge in [0.1, 0.15) is 5.69 Å². The van der Waals surface area contributed by atoms with E-state index < -0.39 is 33.6 Å². The monoisotopic (exact) mass is 472 g/mol. The minimum Gasteiger partial charge on any atom is -0.291 e. The van der Waals surface area contributed by atoms with Gasteiger partial charge >= 0.3 is 23.1 Å². The van der Waals surface area contributed by atoms with Crippen LogP contribution in [0, 0.1) is 10.1 Å². The third kappa shape index (κ3) is 5.37. The van der Waals surface area contributed by atoms with E-state index >= 15 is 0 Å². The summed E-state index contributed by atoms with van der Waals surface area (Å²) in [5.74, 6) is 0. The third-order valence-electron chi connectivity index (χ3n) is 5.03. The summed E-state index contributed by atoms with van der Waals surface area (Å²) in [5.41, 5.74) is -1.20. The van der Waals surface area contributed by atoms with Crippen LogP contribution in [0.2, 0.25) is 0 Å². The highest BCUT2D eigenvalue weighted by Crippen LogP contribution is 2.29. The molecule has 0 spiro atoms. The Balaban J connectivity index is 1.74. The molecule has 0 aliphatic carbocycles. The first-order valence-electron chi connectivity index (χ1n) is 9.87. The number of nitrogens with zero attached hydrogens (tertiary/aromatic N) is 4. The molecule has 0 unspecified atom stereocenters. The molecule has 176 valence electrons. The van der Waals surface area contributed by atoms with Gasteiger partial charge in [-0.15, -0.1) is 0 Å². The van der Waals surface area contributed by atoms with E-state index in [1.807, 2.05) is 0 Å². The van der Waals surface area contributed by atoms with Crippen LogP contribution in [-0.4, -0.2) is 20.3 Å². The number of rotatable bonds is 6. The summed E-state index contributed by atoms with van der Waals surface area (Å²) in [5, 5.41) is 11.4. The summed E-state index contributed by atoms with van der Waals surface area (Å²) in [7, 11) is 2.51. The first kappa shape index (κ1) is 24.4. The number of halogens is 3. The molecule has 11 heteroatoms. The lowest BCUT2D eigenvalue weighted by atomic mass is 10.1. The molecule has 0 saturated heterocycles. The lowest BCUT2D eigenvalue weighted by molar-refractivity contribution is -0.387. The first-order valence-corrected chi connectivity index (χ1v) is 9.87. The highest BCUT2D eigenvalue weighted by Gasteiger charge is 2.29. The van der Waals surface area contributed by atoms with Crippen molar-refractivity contribution >= 4 is 24.1 Å². The second kappa shape index (κ2) is 9.69. The largest absolute Gasteiger partial charge is 0.416 e. The number of hydrogen-bond donors (Lipinski definition) is 0. The second-order valence-corrected chi connectivity index (χ2v) is 7.36. The van der Waals surface area contributed by atoms with Gasteiger partial charge in [0.15, 0.2) is 0 Å². The number of aliphatic imine (C=N–C) groups is 1. The van der Waals surface area contributed by atoms with Gasteiger partial charge in [0.25, 0.3) is 0 Å². The minimum absolute atomic E-state index is 0.125. The van der Waals surface area contributed by atoms with E-state index in [-0.39, 0.29) is 12.2 Å². The first-order chi connectivity index (χ1) is 16.0. The molecule has 0 bridgehead atoms. The third-order valence-corrected chi connectivity index (χ3v) is 5.03. The molecule has 0 fully saturated rings. The van der Waals surface area contributed by atoms with Gasteiger partial charge in [-0.1, -0.05) is 42.5 Å². The molecule has 0 atom stereocenters. The molecule has 0 amide bonds. The Morgan fingerprint density at radius 2 is 1.53 bits per heavy atom. The van der Waals surface area contributed by atoms with Gasteiger partial charge in [0, 0.05) is 20.3 Å². The Morgan fingerprint density at radius 1 is 0.941 bits per heavy atom. The highest BCUT2D eigenvalue weighted by atomic mass is 19.4. The summed E-state index contributed by atoms with van der Waals surface area (Å²) in [6, 6.07) is 11.6. The molecule has 0 radical (unpaired) electrons. The van der Waals surface area contributed by atoms with E-state index in [9.17, 15) is 32.9 Å². The van der Waals surface area contributed by atoms with Crippen molar-refractivity contribution in [1.82, 2.24) is 9.13 Å². The van der Waals surface area contributed by atoms with Gasteiger partial charge in [-0.05, 0) is 34.9 Å². The van der Waals surface area contributed by atoms with E-state index in [1.54, 1.807) is 30.5 Å². The minimum atomic E-state index is -4.38. The molecule has 0 N–H and O–H groups in total. The molecule has 0 aliphatic rings. The molecule has 1 aromatic heterocycles. The maximum Gasteiger partial charge on any atom is 0.416 e. The van der Waals surface area contributed by atoms with Crippen molar-refractivity contribution in [2.45, 2.75) is 12.7 Å². The molecule has 0 saturated carbocycles. The van der Waals surface area contributed by atoms with Crippen molar-refractivity contribution in [3.05, 3.63) is 107 Å². The van der Waals surface area contributed by atoms with E-state index in [0.717, 1.165) is 22.3 Å². The van der Waals surface area contributed by atoms with Gasteiger partial charge in [0.2, 0.25) is 0 Å². The second-order valence-electron chi connectivity index (χ2n) is 7.36. The Labute approximate surface area is 191 Å². The molecule has 1 heterocycles. The quantitative estimate of drug-likeness (QED) is 0.310. The van der Waals surface area contributed by atoms with Crippen molar-refractivity contribution in [3.63, 3.8) is 0 Å². The topological polar surface area (TPSA) is 99.5 Å². The van der Waals surface area contributed by atoms with Gasteiger partial charge in [-0.25, -0.2) is 4.79 Å².